The number of aliphatic hydroxyl groups excluding tert-OH is 2. The van der Waals surface area contributed by atoms with Crippen molar-refractivity contribution in [3.63, 3.8) is 0 Å². The third-order valence-electron chi connectivity index (χ3n) is 3.78. The molecular weight excluding hydrogens is 278 g/mol. The molecule has 7 heteroatoms. The lowest BCUT2D eigenvalue weighted by molar-refractivity contribution is -0.00477. The monoisotopic (exact) mass is 295 g/mol. The highest BCUT2D eigenvalue weighted by molar-refractivity contribution is 7.15. The van der Waals surface area contributed by atoms with Crippen LogP contribution in [0.15, 0.2) is 22.4 Å². The number of aromatic nitrogens is 2. The van der Waals surface area contributed by atoms with E-state index >= 15 is 0 Å². The molecule has 1 saturated heterocycles. The van der Waals surface area contributed by atoms with Crippen LogP contribution in [0.1, 0.15) is 12.1 Å². The number of fused-ring (bicyclic) bond motifs is 1. The van der Waals surface area contributed by atoms with Crippen molar-refractivity contribution in [3.05, 3.63) is 33.7 Å². The van der Waals surface area contributed by atoms with Gasteiger partial charge in [0.15, 0.2) is 4.96 Å². The molecule has 1 aliphatic rings. The predicted molar refractivity (Wildman–Crippen MR) is 75.8 cm³/mol. The molecule has 108 valence electrons. The molecule has 0 bridgehead atoms. The molecule has 1 aliphatic heterocycles. The van der Waals surface area contributed by atoms with Crippen LogP contribution in [0.25, 0.3) is 4.96 Å². The van der Waals surface area contributed by atoms with E-state index < -0.39 is 6.10 Å². The summed E-state index contributed by atoms with van der Waals surface area (Å²) >= 11 is 1.43. The Labute approximate surface area is 119 Å². The molecule has 0 radical (unpaired) electrons. The maximum atomic E-state index is 11.9. The number of likely N-dealkylation sites (tertiary alicyclic amines) is 1. The maximum absolute atomic E-state index is 11.9. The Bertz CT molecular complexity index is 654. The van der Waals surface area contributed by atoms with Crippen LogP contribution in [-0.4, -0.2) is 50.3 Å². The number of nitrogens with zero attached hydrogens (tertiary/aromatic N) is 3. The zero-order chi connectivity index (χ0) is 14.1. The molecule has 2 N–H and O–H groups in total. The molecular formula is C13H17N3O3S. The number of aliphatic hydroxyl groups is 2. The average molecular weight is 295 g/mol. The Balaban J connectivity index is 1.75. The second-order valence-electron chi connectivity index (χ2n) is 5.18. The van der Waals surface area contributed by atoms with Gasteiger partial charge in [-0.2, -0.15) is 0 Å². The van der Waals surface area contributed by atoms with E-state index in [-0.39, 0.29) is 18.1 Å². The van der Waals surface area contributed by atoms with Gasteiger partial charge in [-0.1, -0.05) is 0 Å². The van der Waals surface area contributed by atoms with Crippen LogP contribution in [0.5, 0.6) is 0 Å². The molecule has 0 saturated carbocycles. The van der Waals surface area contributed by atoms with Crippen LogP contribution >= 0.6 is 11.3 Å². The van der Waals surface area contributed by atoms with Gasteiger partial charge in [-0.15, -0.1) is 11.3 Å². The number of hydrogen-bond donors (Lipinski definition) is 2. The Morgan fingerprint density at radius 1 is 1.50 bits per heavy atom. The van der Waals surface area contributed by atoms with Crippen LogP contribution in [-0.2, 0) is 6.54 Å². The van der Waals surface area contributed by atoms with Crippen molar-refractivity contribution < 1.29 is 10.2 Å². The van der Waals surface area contributed by atoms with Gasteiger partial charge in [0, 0.05) is 43.3 Å². The van der Waals surface area contributed by atoms with Gasteiger partial charge < -0.3 is 10.2 Å². The molecule has 1 fully saturated rings. The molecule has 0 unspecified atom stereocenters. The summed E-state index contributed by atoms with van der Waals surface area (Å²) in [5.74, 6) is -0.0374. The summed E-state index contributed by atoms with van der Waals surface area (Å²) in [4.78, 5) is 19.1. The van der Waals surface area contributed by atoms with Gasteiger partial charge in [0.05, 0.1) is 11.8 Å². The van der Waals surface area contributed by atoms with E-state index in [1.54, 1.807) is 12.3 Å². The second-order valence-corrected chi connectivity index (χ2v) is 6.05. The molecule has 2 atom stereocenters. The fourth-order valence-corrected chi connectivity index (χ4v) is 3.34. The summed E-state index contributed by atoms with van der Waals surface area (Å²) in [6.07, 6.45) is 1.97. The van der Waals surface area contributed by atoms with Crippen molar-refractivity contribution in [2.75, 3.05) is 19.7 Å². The summed E-state index contributed by atoms with van der Waals surface area (Å²) in [7, 11) is 0. The predicted octanol–water partition coefficient (Wildman–Crippen LogP) is -0.0689. The fraction of sp³-hybridized carbons (Fsp3) is 0.538. The zero-order valence-electron chi connectivity index (χ0n) is 11.0. The van der Waals surface area contributed by atoms with Gasteiger partial charge >= 0.3 is 0 Å². The Hall–Kier alpha value is -1.28. The first-order chi connectivity index (χ1) is 9.67. The van der Waals surface area contributed by atoms with Crippen LogP contribution in [0.4, 0.5) is 0 Å². The lowest BCUT2D eigenvalue weighted by Crippen LogP contribution is -2.44. The van der Waals surface area contributed by atoms with E-state index in [0.717, 1.165) is 18.7 Å². The van der Waals surface area contributed by atoms with E-state index in [0.29, 0.717) is 18.1 Å². The molecule has 6 nitrogen and oxygen atoms in total. The number of hydrogen-bond acceptors (Lipinski definition) is 6. The SMILES string of the molecule is O=c1cc(CN2CC[C@H](CO)[C@H](O)C2)nc2sccn12. The molecule has 20 heavy (non-hydrogen) atoms. The van der Waals surface area contributed by atoms with E-state index in [9.17, 15) is 9.90 Å². The second kappa shape index (κ2) is 5.61. The van der Waals surface area contributed by atoms with Crippen LogP contribution in [0.2, 0.25) is 0 Å². The minimum absolute atomic E-state index is 0.0236. The van der Waals surface area contributed by atoms with Crippen LogP contribution in [0.3, 0.4) is 0 Å². The summed E-state index contributed by atoms with van der Waals surface area (Å²) < 4.78 is 1.53. The van der Waals surface area contributed by atoms with E-state index in [2.05, 4.69) is 9.88 Å². The summed E-state index contributed by atoms with van der Waals surface area (Å²) in [5.41, 5.74) is 0.657. The normalized spacial score (nSPS) is 24.3. The van der Waals surface area contributed by atoms with E-state index in [1.807, 2.05) is 5.38 Å². The molecule has 0 aliphatic carbocycles. The Morgan fingerprint density at radius 3 is 3.10 bits per heavy atom. The average Bonchev–Trinajstić information content (AvgIpc) is 2.88. The number of thiazole rings is 1. The van der Waals surface area contributed by atoms with Gasteiger partial charge in [-0.05, 0) is 13.0 Å². The van der Waals surface area contributed by atoms with Crippen molar-refractivity contribution >= 4 is 16.3 Å². The highest BCUT2D eigenvalue weighted by atomic mass is 32.1. The van der Waals surface area contributed by atoms with Crippen molar-refractivity contribution in [1.82, 2.24) is 14.3 Å². The lowest BCUT2D eigenvalue weighted by Gasteiger charge is -2.34. The fourth-order valence-electron chi connectivity index (χ4n) is 2.60. The van der Waals surface area contributed by atoms with Gasteiger partial charge in [-0.3, -0.25) is 14.1 Å². The third-order valence-corrected chi connectivity index (χ3v) is 4.54. The van der Waals surface area contributed by atoms with E-state index in [4.69, 9.17) is 5.11 Å². The largest absolute Gasteiger partial charge is 0.396 e. The first-order valence-electron chi connectivity index (χ1n) is 6.64. The Morgan fingerprint density at radius 2 is 2.35 bits per heavy atom. The number of piperidine rings is 1. The van der Waals surface area contributed by atoms with Gasteiger partial charge in [0.25, 0.3) is 5.56 Å². The number of β-amino-alcohol motifs (C(OH)–C–C–N with tert-alkyl or cyclic N) is 1. The summed E-state index contributed by atoms with van der Waals surface area (Å²) in [6, 6.07) is 1.55. The highest BCUT2D eigenvalue weighted by Gasteiger charge is 2.27. The Kier molecular flexibility index (Phi) is 3.84. The molecule has 0 amide bonds. The van der Waals surface area contributed by atoms with Gasteiger partial charge in [0.1, 0.15) is 0 Å². The standard InChI is InChI=1S/C13H17N3O3S/c17-8-9-1-2-15(7-11(9)18)6-10-5-12(19)16-3-4-20-13(16)14-10/h3-5,9,11,17-18H,1-2,6-8H2/t9-,11-/m1/s1. The smallest absolute Gasteiger partial charge is 0.258 e. The quantitative estimate of drug-likeness (QED) is 0.829. The highest BCUT2D eigenvalue weighted by Crippen LogP contribution is 2.18. The molecule has 2 aromatic rings. The van der Waals surface area contributed by atoms with Crippen molar-refractivity contribution in [2.24, 2.45) is 5.92 Å². The molecule has 3 rings (SSSR count). The van der Waals surface area contributed by atoms with E-state index in [1.165, 1.54) is 15.7 Å². The minimum atomic E-state index is -0.514. The first-order valence-corrected chi connectivity index (χ1v) is 7.52. The molecule has 0 spiro atoms. The van der Waals surface area contributed by atoms with Gasteiger partial charge in [-0.25, -0.2) is 4.98 Å². The number of rotatable bonds is 3. The molecule has 3 heterocycles. The van der Waals surface area contributed by atoms with Crippen LogP contribution in [0, 0.1) is 5.92 Å². The van der Waals surface area contributed by atoms with Crippen LogP contribution < -0.4 is 5.56 Å². The zero-order valence-corrected chi connectivity index (χ0v) is 11.8. The first kappa shape index (κ1) is 13.7. The van der Waals surface area contributed by atoms with Crippen molar-refractivity contribution in [2.45, 2.75) is 19.1 Å². The van der Waals surface area contributed by atoms with Crippen molar-refractivity contribution in [1.29, 1.82) is 0 Å². The molecule has 0 aromatic carbocycles. The third kappa shape index (κ3) is 2.62. The maximum Gasteiger partial charge on any atom is 0.258 e. The summed E-state index contributed by atoms with van der Waals surface area (Å²) in [5, 5.41) is 20.9. The molecule has 2 aromatic heterocycles. The van der Waals surface area contributed by atoms with Crippen molar-refractivity contribution in [3.8, 4) is 0 Å². The van der Waals surface area contributed by atoms with Gasteiger partial charge in [0.2, 0.25) is 0 Å². The minimum Gasteiger partial charge on any atom is -0.396 e. The topological polar surface area (TPSA) is 78.1 Å². The lowest BCUT2D eigenvalue weighted by atomic mass is 9.95. The summed E-state index contributed by atoms with van der Waals surface area (Å²) in [6.45, 7) is 1.89.